The van der Waals surface area contributed by atoms with Crippen molar-refractivity contribution in [3.63, 3.8) is 0 Å². The molecular formula is C20H26O3. The van der Waals surface area contributed by atoms with Crippen LogP contribution in [0.25, 0.3) is 6.08 Å². The molecule has 0 aliphatic heterocycles. The first-order valence-corrected chi connectivity index (χ1v) is 7.78. The van der Waals surface area contributed by atoms with Crippen molar-refractivity contribution in [1.82, 2.24) is 0 Å². The highest BCUT2D eigenvalue weighted by Crippen LogP contribution is 2.28. The lowest BCUT2D eigenvalue weighted by Gasteiger charge is -2.10. The van der Waals surface area contributed by atoms with Crippen molar-refractivity contribution in [1.29, 1.82) is 0 Å². The second-order valence-corrected chi connectivity index (χ2v) is 5.59. The van der Waals surface area contributed by atoms with Crippen molar-refractivity contribution in [2.75, 3.05) is 13.7 Å². The van der Waals surface area contributed by atoms with Gasteiger partial charge in [0, 0.05) is 0 Å². The fraction of sp³-hybridized carbons (Fsp3) is 0.350. The third-order valence-corrected chi connectivity index (χ3v) is 3.32. The Morgan fingerprint density at radius 1 is 1.13 bits per heavy atom. The number of hydrogen-bond acceptors (Lipinski definition) is 3. The van der Waals surface area contributed by atoms with Crippen molar-refractivity contribution in [2.24, 2.45) is 0 Å². The number of benzene rings is 1. The zero-order valence-electron chi connectivity index (χ0n) is 14.5. The van der Waals surface area contributed by atoms with Crippen molar-refractivity contribution in [3.8, 4) is 11.5 Å². The van der Waals surface area contributed by atoms with Crippen LogP contribution in [0.4, 0.5) is 0 Å². The minimum absolute atomic E-state index is 0.514. The zero-order valence-corrected chi connectivity index (χ0v) is 14.5. The summed E-state index contributed by atoms with van der Waals surface area (Å²) in [5.41, 5.74) is 3.56. The van der Waals surface area contributed by atoms with E-state index in [2.05, 4.69) is 32.9 Å². The average Bonchev–Trinajstić information content (AvgIpc) is 2.53. The van der Waals surface area contributed by atoms with Gasteiger partial charge >= 0.3 is 0 Å². The fourth-order valence-electron chi connectivity index (χ4n) is 2.02. The molecule has 0 aromatic heterocycles. The van der Waals surface area contributed by atoms with Crippen molar-refractivity contribution in [2.45, 2.75) is 33.6 Å². The minimum Gasteiger partial charge on any atom is -0.493 e. The number of aldehydes is 1. The van der Waals surface area contributed by atoms with Crippen LogP contribution < -0.4 is 9.47 Å². The van der Waals surface area contributed by atoms with E-state index in [9.17, 15) is 4.79 Å². The predicted molar refractivity (Wildman–Crippen MR) is 96.0 cm³/mol. The van der Waals surface area contributed by atoms with Gasteiger partial charge in [-0.1, -0.05) is 29.4 Å². The monoisotopic (exact) mass is 314 g/mol. The van der Waals surface area contributed by atoms with Crippen molar-refractivity contribution < 1.29 is 14.3 Å². The second kappa shape index (κ2) is 10.4. The summed E-state index contributed by atoms with van der Waals surface area (Å²) < 4.78 is 11.1. The molecule has 0 saturated heterocycles. The predicted octanol–water partition coefficient (Wildman–Crippen LogP) is 4.98. The summed E-state index contributed by atoms with van der Waals surface area (Å²) in [5, 5.41) is 0. The highest BCUT2D eigenvalue weighted by molar-refractivity contribution is 5.74. The van der Waals surface area contributed by atoms with Gasteiger partial charge in [0.05, 0.1) is 7.11 Å². The van der Waals surface area contributed by atoms with Gasteiger partial charge in [-0.2, -0.15) is 0 Å². The standard InChI is InChI=1S/C20H26O3/c1-16(2)7-5-8-17(3)12-14-23-19-11-10-18(9-6-13-21)15-20(19)22-4/h6-7,9-13,15H,5,8,14H2,1-4H3/b9-6+,17-12+. The maximum atomic E-state index is 10.4. The Hall–Kier alpha value is -2.29. The third-order valence-electron chi connectivity index (χ3n) is 3.32. The molecule has 0 radical (unpaired) electrons. The molecule has 0 unspecified atom stereocenters. The Bertz CT molecular complexity index is 591. The SMILES string of the molecule is COc1cc(/C=C/C=O)ccc1OC/C=C(\C)CCC=C(C)C. The first-order valence-electron chi connectivity index (χ1n) is 7.78. The molecule has 0 bridgehead atoms. The number of carbonyl (C=O) groups is 1. The number of rotatable bonds is 9. The van der Waals surface area contributed by atoms with E-state index in [0.717, 1.165) is 24.7 Å². The number of hydrogen-bond donors (Lipinski definition) is 0. The Kier molecular flexibility index (Phi) is 8.51. The van der Waals surface area contributed by atoms with Crippen LogP contribution in [0.15, 0.2) is 47.6 Å². The minimum atomic E-state index is 0.514. The maximum Gasteiger partial charge on any atom is 0.161 e. The summed E-state index contributed by atoms with van der Waals surface area (Å²) in [5.74, 6) is 1.36. The highest BCUT2D eigenvalue weighted by Gasteiger charge is 2.04. The van der Waals surface area contributed by atoms with Gasteiger partial charge in [-0.3, -0.25) is 4.79 Å². The summed E-state index contributed by atoms with van der Waals surface area (Å²) >= 11 is 0. The van der Waals surface area contributed by atoms with Gasteiger partial charge in [0.15, 0.2) is 11.5 Å². The van der Waals surface area contributed by atoms with Gasteiger partial charge in [0.25, 0.3) is 0 Å². The molecule has 1 aromatic rings. The molecule has 0 N–H and O–H groups in total. The molecule has 1 aromatic carbocycles. The summed E-state index contributed by atoms with van der Waals surface area (Å²) in [4.78, 5) is 10.4. The molecule has 0 amide bonds. The Labute approximate surface area is 139 Å². The number of ether oxygens (including phenoxy) is 2. The van der Waals surface area contributed by atoms with Gasteiger partial charge in [-0.25, -0.2) is 0 Å². The highest BCUT2D eigenvalue weighted by atomic mass is 16.5. The summed E-state index contributed by atoms with van der Waals surface area (Å²) in [6.07, 6.45) is 10.4. The Balaban J connectivity index is 2.61. The smallest absolute Gasteiger partial charge is 0.161 e. The molecule has 0 aliphatic rings. The molecule has 1 rings (SSSR count). The van der Waals surface area contributed by atoms with Crippen LogP contribution in [0.5, 0.6) is 11.5 Å². The third kappa shape index (κ3) is 7.50. The molecule has 124 valence electrons. The molecule has 3 heteroatoms. The van der Waals surface area contributed by atoms with Crippen LogP contribution in [0.2, 0.25) is 0 Å². The van der Waals surface area contributed by atoms with Gasteiger partial charge < -0.3 is 9.47 Å². The van der Waals surface area contributed by atoms with E-state index < -0.39 is 0 Å². The van der Waals surface area contributed by atoms with Gasteiger partial charge in [-0.15, -0.1) is 0 Å². The molecule has 0 spiro atoms. The zero-order chi connectivity index (χ0) is 17.1. The van der Waals surface area contributed by atoms with Crippen molar-refractivity contribution in [3.05, 3.63) is 53.1 Å². The first kappa shape index (κ1) is 18.8. The van der Waals surface area contributed by atoms with Crippen LogP contribution >= 0.6 is 0 Å². The van der Waals surface area contributed by atoms with Gasteiger partial charge in [0.1, 0.15) is 12.9 Å². The van der Waals surface area contributed by atoms with Gasteiger partial charge in [0.2, 0.25) is 0 Å². The molecule has 0 fully saturated rings. The number of allylic oxidation sites excluding steroid dienone is 4. The van der Waals surface area contributed by atoms with Crippen LogP contribution in [-0.2, 0) is 4.79 Å². The van der Waals surface area contributed by atoms with E-state index in [-0.39, 0.29) is 0 Å². The van der Waals surface area contributed by atoms with E-state index in [1.54, 1.807) is 13.2 Å². The van der Waals surface area contributed by atoms with E-state index in [1.807, 2.05) is 18.2 Å². The fourth-order valence-corrected chi connectivity index (χ4v) is 2.02. The Morgan fingerprint density at radius 2 is 1.91 bits per heavy atom. The molecule has 0 heterocycles. The van der Waals surface area contributed by atoms with Crippen LogP contribution in [0.1, 0.15) is 39.2 Å². The Morgan fingerprint density at radius 3 is 2.57 bits per heavy atom. The van der Waals surface area contributed by atoms with E-state index in [4.69, 9.17) is 9.47 Å². The van der Waals surface area contributed by atoms with E-state index in [1.165, 1.54) is 17.2 Å². The van der Waals surface area contributed by atoms with Gasteiger partial charge in [-0.05, 0) is 63.5 Å². The number of methoxy groups -OCH3 is 1. The normalized spacial score (nSPS) is 11.4. The summed E-state index contributed by atoms with van der Waals surface area (Å²) in [7, 11) is 1.61. The molecule has 0 atom stereocenters. The van der Waals surface area contributed by atoms with E-state index >= 15 is 0 Å². The summed E-state index contributed by atoms with van der Waals surface area (Å²) in [6, 6.07) is 5.60. The second-order valence-electron chi connectivity index (χ2n) is 5.59. The quantitative estimate of drug-likeness (QED) is 0.366. The first-order chi connectivity index (χ1) is 11.1. The molecule has 0 saturated carbocycles. The lowest BCUT2D eigenvalue weighted by molar-refractivity contribution is -0.104. The largest absolute Gasteiger partial charge is 0.493 e. The molecule has 0 aliphatic carbocycles. The van der Waals surface area contributed by atoms with Crippen molar-refractivity contribution >= 4 is 12.4 Å². The summed E-state index contributed by atoms with van der Waals surface area (Å²) in [6.45, 7) is 6.86. The number of carbonyl (C=O) groups excluding carboxylic acids is 1. The van der Waals surface area contributed by atoms with Crippen LogP contribution in [0, 0.1) is 0 Å². The topological polar surface area (TPSA) is 35.5 Å². The lowest BCUT2D eigenvalue weighted by Crippen LogP contribution is -1.97. The van der Waals surface area contributed by atoms with Crippen LogP contribution in [0.3, 0.4) is 0 Å². The maximum absolute atomic E-state index is 10.4. The lowest BCUT2D eigenvalue weighted by atomic mass is 10.1. The van der Waals surface area contributed by atoms with E-state index in [0.29, 0.717) is 18.1 Å². The molecular weight excluding hydrogens is 288 g/mol. The van der Waals surface area contributed by atoms with Crippen LogP contribution in [-0.4, -0.2) is 20.0 Å². The molecule has 3 nitrogen and oxygen atoms in total. The average molecular weight is 314 g/mol. The molecule has 23 heavy (non-hydrogen) atoms.